The summed E-state index contributed by atoms with van der Waals surface area (Å²) in [5.74, 6) is 0.0545. The zero-order valence-electron chi connectivity index (χ0n) is 9.21. The van der Waals surface area contributed by atoms with Crippen molar-refractivity contribution >= 4 is 11.9 Å². The van der Waals surface area contributed by atoms with E-state index in [1.165, 1.54) is 6.07 Å². The fraction of sp³-hybridized carbons (Fsp3) is 0. The van der Waals surface area contributed by atoms with Gasteiger partial charge in [-0.1, -0.05) is 24.3 Å². The SMILES string of the molecule is O=C(O)Oc1ccc2c(c1)C(=O)c1ccccc1-2. The molecule has 0 spiro atoms. The second-order valence-corrected chi connectivity index (χ2v) is 3.95. The van der Waals surface area contributed by atoms with E-state index in [1.807, 2.05) is 12.1 Å². The fourth-order valence-corrected chi connectivity index (χ4v) is 2.17. The Labute approximate surface area is 102 Å². The predicted molar refractivity (Wildman–Crippen MR) is 64.0 cm³/mol. The molecule has 0 fully saturated rings. The van der Waals surface area contributed by atoms with Crippen LogP contribution in [-0.2, 0) is 0 Å². The summed E-state index contributed by atoms with van der Waals surface area (Å²) >= 11 is 0. The summed E-state index contributed by atoms with van der Waals surface area (Å²) in [5, 5.41) is 8.55. The van der Waals surface area contributed by atoms with Gasteiger partial charge in [-0.3, -0.25) is 4.79 Å². The highest BCUT2D eigenvalue weighted by Crippen LogP contribution is 2.37. The van der Waals surface area contributed by atoms with Crippen LogP contribution < -0.4 is 4.74 Å². The zero-order valence-corrected chi connectivity index (χ0v) is 9.21. The Kier molecular flexibility index (Phi) is 2.16. The third-order valence-corrected chi connectivity index (χ3v) is 2.90. The highest BCUT2D eigenvalue weighted by molar-refractivity contribution is 6.21. The Morgan fingerprint density at radius 1 is 0.944 bits per heavy atom. The minimum atomic E-state index is -1.39. The van der Waals surface area contributed by atoms with Crippen LogP contribution in [0.25, 0.3) is 11.1 Å². The average molecular weight is 240 g/mol. The van der Waals surface area contributed by atoms with Crippen molar-refractivity contribution in [2.45, 2.75) is 0 Å². The molecule has 0 aromatic heterocycles. The average Bonchev–Trinajstić information content (AvgIpc) is 2.63. The lowest BCUT2D eigenvalue weighted by Crippen LogP contribution is -2.04. The largest absolute Gasteiger partial charge is 0.511 e. The van der Waals surface area contributed by atoms with Crippen molar-refractivity contribution in [3.05, 3.63) is 53.6 Å². The molecule has 18 heavy (non-hydrogen) atoms. The summed E-state index contributed by atoms with van der Waals surface area (Å²) in [4.78, 5) is 22.6. The molecular weight excluding hydrogens is 232 g/mol. The number of rotatable bonds is 1. The molecule has 4 heteroatoms. The number of benzene rings is 2. The Bertz CT molecular complexity index is 673. The number of fused-ring (bicyclic) bond motifs is 3. The second-order valence-electron chi connectivity index (χ2n) is 3.95. The lowest BCUT2D eigenvalue weighted by molar-refractivity contribution is 0.104. The van der Waals surface area contributed by atoms with Crippen LogP contribution in [0.4, 0.5) is 4.79 Å². The fourth-order valence-electron chi connectivity index (χ4n) is 2.17. The van der Waals surface area contributed by atoms with Crippen LogP contribution in [0.2, 0.25) is 0 Å². The van der Waals surface area contributed by atoms with Gasteiger partial charge < -0.3 is 9.84 Å². The van der Waals surface area contributed by atoms with E-state index in [0.29, 0.717) is 11.1 Å². The summed E-state index contributed by atoms with van der Waals surface area (Å²) in [7, 11) is 0. The van der Waals surface area contributed by atoms with Crippen LogP contribution in [0.1, 0.15) is 15.9 Å². The van der Waals surface area contributed by atoms with E-state index in [0.717, 1.165) is 11.1 Å². The molecule has 1 aliphatic carbocycles. The van der Waals surface area contributed by atoms with Crippen molar-refractivity contribution in [2.24, 2.45) is 0 Å². The molecule has 0 amide bonds. The molecule has 0 saturated carbocycles. The van der Waals surface area contributed by atoms with Gasteiger partial charge in [0.2, 0.25) is 0 Å². The molecule has 1 aliphatic rings. The number of carbonyl (C=O) groups is 2. The Hall–Kier alpha value is -2.62. The lowest BCUT2D eigenvalue weighted by Gasteiger charge is -2.02. The molecule has 3 rings (SSSR count). The molecule has 0 unspecified atom stereocenters. The van der Waals surface area contributed by atoms with Crippen molar-refractivity contribution in [1.29, 1.82) is 0 Å². The maximum atomic E-state index is 12.1. The molecule has 2 aromatic carbocycles. The monoisotopic (exact) mass is 240 g/mol. The summed E-state index contributed by atoms with van der Waals surface area (Å²) < 4.78 is 4.55. The van der Waals surface area contributed by atoms with Gasteiger partial charge in [0.15, 0.2) is 5.78 Å². The standard InChI is InChI=1S/C14H8O4/c15-13-11-4-2-1-3-9(11)10-6-5-8(7-12(10)13)18-14(16)17/h1-7H,(H,16,17). The minimum Gasteiger partial charge on any atom is -0.449 e. The van der Waals surface area contributed by atoms with Crippen molar-refractivity contribution in [3.63, 3.8) is 0 Å². The third kappa shape index (κ3) is 1.47. The number of ether oxygens (including phenoxy) is 1. The van der Waals surface area contributed by atoms with Gasteiger partial charge in [0.05, 0.1) is 0 Å². The van der Waals surface area contributed by atoms with Gasteiger partial charge in [0.25, 0.3) is 0 Å². The van der Waals surface area contributed by atoms with Crippen LogP contribution >= 0.6 is 0 Å². The number of hydrogen-bond acceptors (Lipinski definition) is 3. The normalized spacial score (nSPS) is 11.9. The Morgan fingerprint density at radius 2 is 1.61 bits per heavy atom. The topological polar surface area (TPSA) is 63.6 Å². The molecule has 2 aromatic rings. The summed E-state index contributed by atoms with van der Waals surface area (Å²) in [6.45, 7) is 0. The van der Waals surface area contributed by atoms with Crippen molar-refractivity contribution in [2.75, 3.05) is 0 Å². The first kappa shape index (κ1) is 10.5. The van der Waals surface area contributed by atoms with E-state index in [4.69, 9.17) is 5.11 Å². The maximum Gasteiger partial charge on any atom is 0.511 e. The van der Waals surface area contributed by atoms with Gasteiger partial charge >= 0.3 is 6.16 Å². The highest BCUT2D eigenvalue weighted by Gasteiger charge is 2.26. The quantitative estimate of drug-likeness (QED) is 0.524. The Morgan fingerprint density at radius 3 is 2.33 bits per heavy atom. The molecule has 0 saturated heterocycles. The van der Waals surface area contributed by atoms with E-state index in [-0.39, 0.29) is 11.5 Å². The molecule has 0 heterocycles. The van der Waals surface area contributed by atoms with Crippen LogP contribution in [0.5, 0.6) is 5.75 Å². The predicted octanol–water partition coefficient (Wildman–Crippen LogP) is 2.95. The van der Waals surface area contributed by atoms with E-state index >= 15 is 0 Å². The summed E-state index contributed by atoms with van der Waals surface area (Å²) in [5.41, 5.74) is 2.81. The highest BCUT2D eigenvalue weighted by atomic mass is 16.7. The first-order valence-corrected chi connectivity index (χ1v) is 5.36. The molecule has 0 radical (unpaired) electrons. The molecule has 88 valence electrons. The number of carboxylic acid groups (broad SMARTS) is 1. The van der Waals surface area contributed by atoms with E-state index in [9.17, 15) is 9.59 Å². The van der Waals surface area contributed by atoms with Crippen LogP contribution in [-0.4, -0.2) is 17.0 Å². The van der Waals surface area contributed by atoms with Gasteiger partial charge in [-0.25, -0.2) is 4.79 Å². The second kappa shape index (κ2) is 3.70. The van der Waals surface area contributed by atoms with Crippen LogP contribution in [0.15, 0.2) is 42.5 Å². The number of hydrogen-bond donors (Lipinski definition) is 1. The number of carbonyl (C=O) groups excluding carboxylic acids is 1. The van der Waals surface area contributed by atoms with E-state index < -0.39 is 6.16 Å². The molecule has 1 N–H and O–H groups in total. The van der Waals surface area contributed by atoms with Gasteiger partial charge in [-0.05, 0) is 29.3 Å². The van der Waals surface area contributed by atoms with E-state index in [1.54, 1.807) is 24.3 Å². The van der Waals surface area contributed by atoms with Crippen molar-refractivity contribution < 1.29 is 19.4 Å². The number of ketones is 1. The van der Waals surface area contributed by atoms with Crippen LogP contribution in [0.3, 0.4) is 0 Å². The molecule has 0 atom stereocenters. The van der Waals surface area contributed by atoms with Gasteiger partial charge in [0.1, 0.15) is 5.75 Å². The summed E-state index contributed by atoms with van der Waals surface area (Å²) in [6.07, 6.45) is -1.39. The zero-order chi connectivity index (χ0) is 12.7. The van der Waals surface area contributed by atoms with E-state index in [2.05, 4.69) is 4.74 Å². The van der Waals surface area contributed by atoms with Gasteiger partial charge in [0, 0.05) is 11.1 Å². The molecule has 4 nitrogen and oxygen atoms in total. The van der Waals surface area contributed by atoms with Crippen molar-refractivity contribution in [3.8, 4) is 16.9 Å². The smallest absolute Gasteiger partial charge is 0.449 e. The molecule has 0 bridgehead atoms. The minimum absolute atomic E-state index is 0.101. The first-order chi connectivity index (χ1) is 8.66. The summed E-state index contributed by atoms with van der Waals surface area (Å²) in [6, 6.07) is 12.0. The molecule has 0 aliphatic heterocycles. The van der Waals surface area contributed by atoms with Gasteiger partial charge in [-0.2, -0.15) is 0 Å². The van der Waals surface area contributed by atoms with Crippen molar-refractivity contribution in [1.82, 2.24) is 0 Å². The van der Waals surface area contributed by atoms with Crippen LogP contribution in [0, 0.1) is 0 Å². The first-order valence-electron chi connectivity index (χ1n) is 5.36. The third-order valence-electron chi connectivity index (χ3n) is 2.90. The Balaban J connectivity index is 2.14. The lowest BCUT2D eigenvalue weighted by atomic mass is 10.1. The molecular formula is C14H8O4. The maximum absolute atomic E-state index is 12.1. The van der Waals surface area contributed by atoms with Gasteiger partial charge in [-0.15, -0.1) is 0 Å².